The molecular weight excluding hydrogens is 331 g/mol. The number of amides is 1. The van der Waals surface area contributed by atoms with Gasteiger partial charge in [-0.25, -0.2) is 4.39 Å². The number of carbonyl (C=O) groups is 1. The number of hydrogen-bond donors (Lipinski definition) is 0. The molecule has 0 bridgehead atoms. The van der Waals surface area contributed by atoms with Crippen molar-refractivity contribution in [2.24, 2.45) is 0 Å². The van der Waals surface area contributed by atoms with Gasteiger partial charge in [-0.15, -0.1) is 0 Å². The predicted octanol–water partition coefficient (Wildman–Crippen LogP) is 1.24. The zero-order valence-electron chi connectivity index (χ0n) is 14.1. The topological polar surface area (TPSA) is 79.2 Å². The highest BCUT2D eigenvalue weighted by atomic mass is 19.1. The molecule has 8 nitrogen and oxygen atoms in total. The van der Waals surface area contributed by atoms with Gasteiger partial charge in [-0.3, -0.25) is 14.9 Å². The summed E-state index contributed by atoms with van der Waals surface area (Å²) in [7, 11) is 0. The van der Waals surface area contributed by atoms with Crippen LogP contribution in [0.2, 0.25) is 0 Å². The van der Waals surface area contributed by atoms with Gasteiger partial charge in [-0.2, -0.15) is 0 Å². The first-order valence-electron chi connectivity index (χ1n) is 8.28. The first-order valence-corrected chi connectivity index (χ1v) is 8.28. The summed E-state index contributed by atoms with van der Waals surface area (Å²) >= 11 is 0. The number of nitro benzene ring substituents is 1. The van der Waals surface area contributed by atoms with Crippen molar-refractivity contribution in [3.8, 4) is 0 Å². The van der Waals surface area contributed by atoms with Crippen LogP contribution in [-0.2, 0) is 9.53 Å². The van der Waals surface area contributed by atoms with E-state index in [1.54, 1.807) is 11.0 Å². The molecule has 2 saturated heterocycles. The molecule has 0 unspecified atom stereocenters. The molecule has 2 fully saturated rings. The van der Waals surface area contributed by atoms with Crippen molar-refractivity contribution in [1.82, 2.24) is 4.90 Å². The molecule has 1 aromatic rings. The Balaban J connectivity index is 1.90. The van der Waals surface area contributed by atoms with Gasteiger partial charge in [0, 0.05) is 46.2 Å². The van der Waals surface area contributed by atoms with Crippen LogP contribution >= 0.6 is 0 Å². The number of benzene rings is 1. The number of halogens is 1. The Morgan fingerprint density at radius 2 is 1.68 bits per heavy atom. The van der Waals surface area contributed by atoms with Crippen molar-refractivity contribution in [3.63, 3.8) is 0 Å². The number of anilines is 2. The van der Waals surface area contributed by atoms with Gasteiger partial charge in [0.15, 0.2) is 5.82 Å². The number of nitro groups is 1. The van der Waals surface area contributed by atoms with Crippen molar-refractivity contribution in [2.45, 2.75) is 6.92 Å². The van der Waals surface area contributed by atoms with E-state index in [4.69, 9.17) is 4.74 Å². The summed E-state index contributed by atoms with van der Waals surface area (Å²) in [6.45, 7) is 5.56. The second-order valence-corrected chi connectivity index (χ2v) is 6.14. The van der Waals surface area contributed by atoms with Crippen LogP contribution in [0.15, 0.2) is 12.1 Å². The lowest BCUT2D eigenvalue weighted by Crippen LogP contribution is -2.48. The van der Waals surface area contributed by atoms with Crippen molar-refractivity contribution in [2.75, 3.05) is 62.3 Å². The van der Waals surface area contributed by atoms with Gasteiger partial charge in [0.2, 0.25) is 5.91 Å². The van der Waals surface area contributed by atoms with Crippen LogP contribution in [0.4, 0.5) is 21.5 Å². The maximum Gasteiger partial charge on any atom is 0.295 e. The first-order chi connectivity index (χ1) is 12.0. The van der Waals surface area contributed by atoms with Crippen molar-refractivity contribution in [3.05, 3.63) is 28.1 Å². The van der Waals surface area contributed by atoms with Crippen LogP contribution in [0.3, 0.4) is 0 Å². The molecule has 9 heteroatoms. The summed E-state index contributed by atoms with van der Waals surface area (Å²) in [5, 5.41) is 11.4. The third kappa shape index (κ3) is 3.65. The number of nitrogens with zero attached hydrogens (tertiary/aromatic N) is 4. The number of hydrogen-bond acceptors (Lipinski definition) is 6. The number of ether oxygens (including phenoxy) is 1. The van der Waals surface area contributed by atoms with E-state index >= 15 is 0 Å². The minimum atomic E-state index is -0.597. The lowest BCUT2D eigenvalue weighted by molar-refractivity contribution is -0.384. The molecule has 1 aromatic carbocycles. The number of piperazine rings is 1. The monoisotopic (exact) mass is 352 g/mol. The number of carbonyl (C=O) groups excluding carboxylic acids is 1. The molecule has 136 valence electrons. The zero-order chi connectivity index (χ0) is 18.0. The molecular formula is C16H21FN4O4. The summed E-state index contributed by atoms with van der Waals surface area (Å²) in [5.74, 6) is -0.609. The SMILES string of the molecule is CC(=O)N1CCN(c2cc(N3CCOCC3)c(F)cc2[N+](=O)[O-])CC1. The normalized spacial score (nSPS) is 18.4. The van der Waals surface area contributed by atoms with Crippen molar-refractivity contribution < 1.29 is 18.8 Å². The average Bonchev–Trinajstić information content (AvgIpc) is 2.62. The van der Waals surface area contributed by atoms with E-state index in [0.29, 0.717) is 63.9 Å². The van der Waals surface area contributed by atoms with Crippen LogP contribution < -0.4 is 9.80 Å². The lowest BCUT2D eigenvalue weighted by atomic mass is 10.1. The number of morpholine rings is 1. The summed E-state index contributed by atoms with van der Waals surface area (Å²) < 4.78 is 19.7. The quantitative estimate of drug-likeness (QED) is 0.602. The largest absolute Gasteiger partial charge is 0.378 e. The molecule has 2 aliphatic rings. The molecule has 0 saturated carbocycles. The van der Waals surface area contributed by atoms with E-state index in [2.05, 4.69) is 0 Å². The van der Waals surface area contributed by atoms with Gasteiger partial charge >= 0.3 is 0 Å². The van der Waals surface area contributed by atoms with E-state index in [9.17, 15) is 19.3 Å². The third-order valence-electron chi connectivity index (χ3n) is 4.66. The lowest BCUT2D eigenvalue weighted by Gasteiger charge is -2.36. The highest BCUT2D eigenvalue weighted by molar-refractivity contribution is 5.74. The summed E-state index contributed by atoms with van der Waals surface area (Å²) in [6.07, 6.45) is 0. The second kappa shape index (κ2) is 7.22. The molecule has 2 heterocycles. The Morgan fingerprint density at radius 3 is 2.24 bits per heavy atom. The molecule has 3 rings (SSSR count). The van der Waals surface area contributed by atoms with Crippen molar-refractivity contribution >= 4 is 23.0 Å². The Kier molecular flexibility index (Phi) is 5.03. The molecule has 0 aliphatic carbocycles. The fourth-order valence-corrected chi connectivity index (χ4v) is 3.25. The minimum absolute atomic E-state index is 0.0118. The summed E-state index contributed by atoms with van der Waals surface area (Å²) in [5.41, 5.74) is 0.514. The Labute approximate surface area is 144 Å². The number of rotatable bonds is 3. The van der Waals surface area contributed by atoms with E-state index in [0.717, 1.165) is 6.07 Å². The molecule has 0 N–H and O–H groups in total. The van der Waals surface area contributed by atoms with E-state index in [1.807, 2.05) is 9.80 Å². The van der Waals surface area contributed by atoms with Gasteiger partial charge in [-0.05, 0) is 6.07 Å². The fraction of sp³-hybridized carbons (Fsp3) is 0.562. The van der Waals surface area contributed by atoms with E-state index in [1.165, 1.54) is 6.92 Å². The summed E-state index contributed by atoms with van der Waals surface area (Å²) in [4.78, 5) is 27.7. The Bertz CT molecular complexity index is 670. The van der Waals surface area contributed by atoms with Crippen LogP contribution in [0, 0.1) is 15.9 Å². The van der Waals surface area contributed by atoms with Gasteiger partial charge in [0.05, 0.1) is 29.9 Å². The standard InChI is InChI=1S/C16H21FN4O4/c1-12(22)18-2-4-19(5-3-18)15-11-14(20-6-8-25-9-7-20)13(17)10-16(15)21(23)24/h10-11H,2-9H2,1H3. The van der Waals surface area contributed by atoms with Crippen LogP contribution in [0.5, 0.6) is 0 Å². The fourth-order valence-electron chi connectivity index (χ4n) is 3.25. The molecule has 0 atom stereocenters. The van der Waals surface area contributed by atoms with Gasteiger partial charge in [-0.1, -0.05) is 0 Å². The first kappa shape index (κ1) is 17.4. The van der Waals surface area contributed by atoms with Crippen LogP contribution in [0.25, 0.3) is 0 Å². The zero-order valence-corrected chi connectivity index (χ0v) is 14.1. The second-order valence-electron chi connectivity index (χ2n) is 6.14. The van der Waals surface area contributed by atoms with Crippen molar-refractivity contribution in [1.29, 1.82) is 0 Å². The highest BCUT2D eigenvalue weighted by Gasteiger charge is 2.28. The minimum Gasteiger partial charge on any atom is -0.378 e. The average molecular weight is 352 g/mol. The maximum atomic E-state index is 14.5. The molecule has 0 aromatic heterocycles. The Morgan fingerprint density at radius 1 is 1.08 bits per heavy atom. The smallest absolute Gasteiger partial charge is 0.295 e. The Hall–Kier alpha value is -2.42. The predicted molar refractivity (Wildman–Crippen MR) is 90.6 cm³/mol. The molecule has 1 amide bonds. The summed E-state index contributed by atoms with van der Waals surface area (Å²) in [6, 6.07) is 2.56. The van der Waals surface area contributed by atoms with E-state index in [-0.39, 0.29) is 11.6 Å². The molecule has 25 heavy (non-hydrogen) atoms. The van der Waals surface area contributed by atoms with E-state index < -0.39 is 10.7 Å². The van der Waals surface area contributed by atoms with Gasteiger partial charge in [0.25, 0.3) is 5.69 Å². The van der Waals surface area contributed by atoms with Crippen LogP contribution in [0.1, 0.15) is 6.92 Å². The molecule has 0 radical (unpaired) electrons. The van der Waals surface area contributed by atoms with Gasteiger partial charge in [0.1, 0.15) is 5.69 Å². The van der Waals surface area contributed by atoms with Gasteiger partial charge < -0.3 is 19.4 Å². The third-order valence-corrected chi connectivity index (χ3v) is 4.66. The highest BCUT2D eigenvalue weighted by Crippen LogP contribution is 2.35. The molecule has 0 spiro atoms. The maximum absolute atomic E-state index is 14.5. The molecule has 2 aliphatic heterocycles. The van der Waals surface area contributed by atoms with Crippen LogP contribution in [-0.4, -0.2) is 68.2 Å².